The average Bonchev–Trinajstić information content (AvgIpc) is 2.48. The maximum Gasteiger partial charge on any atom is 0.264 e. The Labute approximate surface area is 127 Å². The molecule has 0 saturated heterocycles. The Kier molecular flexibility index (Phi) is 5.17. The van der Waals surface area contributed by atoms with Crippen LogP contribution in [0.3, 0.4) is 0 Å². The van der Waals surface area contributed by atoms with E-state index >= 15 is 0 Å². The number of benzene rings is 2. The summed E-state index contributed by atoms with van der Waals surface area (Å²) in [6.07, 6.45) is 0. The Balaban J connectivity index is 2.42. The van der Waals surface area contributed by atoms with Crippen molar-refractivity contribution in [2.45, 2.75) is 12.8 Å². The number of hydrogen-bond acceptors (Lipinski definition) is 3. The van der Waals surface area contributed by atoms with Crippen molar-refractivity contribution >= 4 is 28.6 Å². The highest BCUT2D eigenvalue weighted by molar-refractivity contribution is 9.10. The molecular formula is C15H16BrO3P. The molecule has 3 nitrogen and oxygen atoms in total. The molecule has 20 heavy (non-hydrogen) atoms. The summed E-state index contributed by atoms with van der Waals surface area (Å²) in [5, 5.41) is 11.0. The van der Waals surface area contributed by atoms with Gasteiger partial charge in [0, 0.05) is 9.78 Å². The normalized spacial score (nSPS) is 15.6. The van der Waals surface area contributed by atoms with Crippen molar-refractivity contribution in [3.8, 4) is 0 Å². The Morgan fingerprint density at radius 3 is 2.30 bits per heavy atom. The van der Waals surface area contributed by atoms with Gasteiger partial charge in [-0.2, -0.15) is 0 Å². The van der Waals surface area contributed by atoms with Crippen LogP contribution in [-0.2, 0) is 9.09 Å². The van der Waals surface area contributed by atoms with Crippen LogP contribution in [-0.4, -0.2) is 11.7 Å². The molecule has 0 aromatic heterocycles. The zero-order chi connectivity index (χ0) is 14.6. The molecule has 2 atom stereocenters. The van der Waals surface area contributed by atoms with Gasteiger partial charge in [0.25, 0.3) is 7.37 Å². The third kappa shape index (κ3) is 3.21. The summed E-state index contributed by atoms with van der Waals surface area (Å²) in [4.78, 5) is 0. The Hall–Kier alpha value is -0.930. The zero-order valence-corrected chi connectivity index (χ0v) is 13.5. The quantitative estimate of drug-likeness (QED) is 0.823. The lowest BCUT2D eigenvalue weighted by molar-refractivity contribution is 0.218. The first-order valence-corrected chi connectivity index (χ1v) is 8.80. The van der Waals surface area contributed by atoms with E-state index in [2.05, 4.69) is 15.9 Å². The van der Waals surface area contributed by atoms with E-state index in [0.29, 0.717) is 10.9 Å². The van der Waals surface area contributed by atoms with Crippen molar-refractivity contribution in [1.29, 1.82) is 0 Å². The summed E-state index contributed by atoms with van der Waals surface area (Å²) < 4.78 is 19.5. The van der Waals surface area contributed by atoms with Crippen LogP contribution in [0.4, 0.5) is 0 Å². The lowest BCUT2D eigenvalue weighted by Crippen LogP contribution is -2.14. The number of aliphatic hydroxyl groups excluding tert-OH is 1. The van der Waals surface area contributed by atoms with Crippen molar-refractivity contribution in [2.75, 3.05) is 6.61 Å². The molecule has 106 valence electrons. The molecule has 0 aliphatic carbocycles. The van der Waals surface area contributed by atoms with Gasteiger partial charge in [-0.05, 0) is 36.8 Å². The highest BCUT2D eigenvalue weighted by atomic mass is 79.9. The fourth-order valence-electron chi connectivity index (χ4n) is 1.95. The molecule has 2 aromatic rings. The molecule has 0 unspecified atom stereocenters. The predicted molar refractivity (Wildman–Crippen MR) is 84.4 cm³/mol. The monoisotopic (exact) mass is 354 g/mol. The minimum Gasteiger partial charge on any atom is -0.378 e. The van der Waals surface area contributed by atoms with Crippen LogP contribution in [0.5, 0.6) is 0 Å². The molecule has 5 heteroatoms. The Morgan fingerprint density at radius 2 is 1.75 bits per heavy atom. The molecule has 0 heterocycles. The second-order valence-electron chi connectivity index (χ2n) is 4.28. The second-order valence-corrected chi connectivity index (χ2v) is 7.65. The van der Waals surface area contributed by atoms with Crippen molar-refractivity contribution in [2.24, 2.45) is 0 Å². The average molecular weight is 355 g/mol. The van der Waals surface area contributed by atoms with Crippen LogP contribution in [0.25, 0.3) is 0 Å². The first kappa shape index (κ1) is 15.5. The van der Waals surface area contributed by atoms with E-state index in [4.69, 9.17) is 4.52 Å². The highest BCUT2D eigenvalue weighted by Gasteiger charge is 2.35. The SMILES string of the molecule is CCO[P@](=O)(c1ccccc1)[C@H](O)c1ccc(Br)cc1. The van der Waals surface area contributed by atoms with Gasteiger partial charge in [0.15, 0.2) is 5.85 Å². The summed E-state index contributed by atoms with van der Waals surface area (Å²) in [6.45, 7) is 2.05. The van der Waals surface area contributed by atoms with Gasteiger partial charge >= 0.3 is 0 Å². The Bertz CT molecular complexity index is 598. The largest absolute Gasteiger partial charge is 0.378 e. The lowest BCUT2D eigenvalue weighted by Gasteiger charge is -2.24. The van der Waals surface area contributed by atoms with Crippen LogP contribution in [0, 0.1) is 0 Å². The molecular weight excluding hydrogens is 339 g/mol. The van der Waals surface area contributed by atoms with Crippen LogP contribution in [0.2, 0.25) is 0 Å². The topological polar surface area (TPSA) is 46.5 Å². The molecule has 0 radical (unpaired) electrons. The standard InChI is InChI=1S/C15H16BrO3P/c1-2-19-20(18,14-6-4-3-5-7-14)15(17)12-8-10-13(16)11-9-12/h3-11,15,17H,2H2,1H3/t15-,20+/m0/s1. The van der Waals surface area contributed by atoms with Gasteiger partial charge in [0.1, 0.15) is 0 Å². The molecule has 0 bridgehead atoms. The predicted octanol–water partition coefficient (Wildman–Crippen LogP) is 4.08. The zero-order valence-electron chi connectivity index (χ0n) is 11.1. The summed E-state index contributed by atoms with van der Waals surface area (Å²) in [5.74, 6) is -1.17. The number of hydrogen-bond donors (Lipinski definition) is 1. The lowest BCUT2D eigenvalue weighted by atomic mass is 10.2. The number of aliphatic hydroxyl groups is 1. The summed E-state index contributed by atoms with van der Waals surface area (Å²) in [6, 6.07) is 15.9. The molecule has 0 fully saturated rings. The van der Waals surface area contributed by atoms with Crippen molar-refractivity contribution in [3.05, 3.63) is 64.6 Å². The van der Waals surface area contributed by atoms with Gasteiger partial charge in [0.05, 0.1) is 6.61 Å². The van der Waals surface area contributed by atoms with Crippen molar-refractivity contribution in [3.63, 3.8) is 0 Å². The fourth-order valence-corrected chi connectivity index (χ4v) is 4.32. The minimum absolute atomic E-state index is 0.278. The molecule has 0 amide bonds. The van der Waals surface area contributed by atoms with Crippen LogP contribution < -0.4 is 5.30 Å². The minimum atomic E-state index is -3.36. The van der Waals surface area contributed by atoms with Gasteiger partial charge < -0.3 is 9.63 Å². The third-order valence-electron chi connectivity index (χ3n) is 2.93. The van der Waals surface area contributed by atoms with E-state index in [9.17, 15) is 9.67 Å². The van der Waals surface area contributed by atoms with Crippen molar-refractivity contribution in [1.82, 2.24) is 0 Å². The van der Waals surface area contributed by atoms with E-state index in [0.717, 1.165) is 4.47 Å². The number of halogens is 1. The molecule has 0 aliphatic heterocycles. The van der Waals surface area contributed by atoms with E-state index in [-0.39, 0.29) is 6.61 Å². The van der Waals surface area contributed by atoms with Gasteiger partial charge in [-0.1, -0.05) is 46.3 Å². The van der Waals surface area contributed by atoms with Crippen LogP contribution in [0.1, 0.15) is 18.3 Å². The third-order valence-corrected chi connectivity index (χ3v) is 6.06. The van der Waals surface area contributed by atoms with Gasteiger partial charge in [0.2, 0.25) is 0 Å². The second kappa shape index (κ2) is 6.68. The summed E-state index contributed by atoms with van der Waals surface area (Å²) in [5.41, 5.74) is 0.578. The first-order valence-electron chi connectivity index (χ1n) is 6.31. The number of rotatable bonds is 5. The van der Waals surface area contributed by atoms with E-state index in [1.807, 2.05) is 6.07 Å². The molecule has 0 saturated carbocycles. The fraction of sp³-hybridized carbons (Fsp3) is 0.200. The molecule has 0 spiro atoms. The van der Waals surface area contributed by atoms with Crippen LogP contribution >= 0.6 is 23.3 Å². The summed E-state index contributed by atoms with van der Waals surface area (Å²) >= 11 is 3.34. The smallest absolute Gasteiger partial charge is 0.264 e. The summed E-state index contributed by atoms with van der Waals surface area (Å²) in [7, 11) is -3.36. The van der Waals surface area contributed by atoms with E-state index < -0.39 is 13.2 Å². The van der Waals surface area contributed by atoms with Crippen molar-refractivity contribution < 1.29 is 14.2 Å². The molecule has 2 rings (SSSR count). The van der Waals surface area contributed by atoms with Gasteiger partial charge in [-0.25, -0.2) is 0 Å². The van der Waals surface area contributed by atoms with Crippen LogP contribution in [0.15, 0.2) is 59.1 Å². The van der Waals surface area contributed by atoms with Gasteiger partial charge in [-0.3, -0.25) is 4.57 Å². The van der Waals surface area contributed by atoms with E-state index in [1.165, 1.54) is 0 Å². The Morgan fingerprint density at radius 1 is 1.15 bits per heavy atom. The van der Waals surface area contributed by atoms with E-state index in [1.54, 1.807) is 55.5 Å². The maximum absolute atomic E-state index is 13.1. The highest BCUT2D eigenvalue weighted by Crippen LogP contribution is 2.57. The van der Waals surface area contributed by atoms with Gasteiger partial charge in [-0.15, -0.1) is 0 Å². The molecule has 2 aromatic carbocycles. The first-order chi connectivity index (χ1) is 9.58. The molecule has 0 aliphatic rings. The molecule has 1 N–H and O–H groups in total. The maximum atomic E-state index is 13.1.